The Bertz CT molecular complexity index is 1290. The van der Waals surface area contributed by atoms with Crippen LogP contribution in [0.5, 0.6) is 11.5 Å². The van der Waals surface area contributed by atoms with Crippen LogP contribution in [-0.2, 0) is 6.42 Å². The second-order valence-corrected chi connectivity index (χ2v) is 6.82. The third-order valence-electron chi connectivity index (χ3n) is 4.89. The lowest BCUT2D eigenvalue weighted by atomic mass is 10.1. The minimum Gasteiger partial charge on any atom is -0.491 e. The van der Waals surface area contributed by atoms with E-state index in [1.807, 2.05) is 37.3 Å². The molecule has 0 aliphatic carbocycles. The maximum absolute atomic E-state index is 13.1. The van der Waals surface area contributed by atoms with Gasteiger partial charge in [0.05, 0.1) is 30.9 Å². The standard InChI is InChI=1S/C23H20F2N4O3/c1-3-15-9-10-17(19(13-15)32-23(24)25)28-14-20(31-2)22(30)21(27-28)18-11-12-26-29(18)16-7-5-4-6-8-16/h4-14,23H,3H2,1-2H3. The maximum atomic E-state index is 13.1. The van der Waals surface area contributed by atoms with Crippen LogP contribution >= 0.6 is 0 Å². The molecule has 0 fully saturated rings. The summed E-state index contributed by atoms with van der Waals surface area (Å²) in [6.07, 6.45) is 3.53. The Labute approximate surface area is 182 Å². The van der Waals surface area contributed by atoms with Crippen molar-refractivity contribution in [2.75, 3.05) is 7.11 Å². The van der Waals surface area contributed by atoms with Crippen LogP contribution in [0, 0.1) is 0 Å². The fourth-order valence-corrected chi connectivity index (χ4v) is 3.32. The van der Waals surface area contributed by atoms with Gasteiger partial charge in [-0.25, -0.2) is 9.36 Å². The zero-order valence-electron chi connectivity index (χ0n) is 17.4. The second-order valence-electron chi connectivity index (χ2n) is 6.82. The predicted octanol–water partition coefficient (Wildman–Crippen LogP) is 4.26. The molecule has 0 saturated carbocycles. The molecule has 0 aliphatic rings. The van der Waals surface area contributed by atoms with E-state index in [0.29, 0.717) is 12.1 Å². The molecule has 0 amide bonds. The van der Waals surface area contributed by atoms with Crippen molar-refractivity contribution in [3.8, 4) is 34.3 Å². The van der Waals surface area contributed by atoms with Crippen molar-refractivity contribution < 1.29 is 18.3 Å². The molecule has 2 aromatic heterocycles. The van der Waals surface area contributed by atoms with E-state index in [4.69, 9.17) is 9.47 Å². The first-order chi connectivity index (χ1) is 15.5. The normalized spacial score (nSPS) is 11.0. The Balaban J connectivity index is 1.92. The number of nitrogens with zero attached hydrogens (tertiary/aromatic N) is 4. The molecule has 0 N–H and O–H groups in total. The third kappa shape index (κ3) is 4.09. The van der Waals surface area contributed by atoms with Gasteiger partial charge in [0.2, 0.25) is 0 Å². The number of benzene rings is 2. The van der Waals surface area contributed by atoms with Crippen molar-refractivity contribution in [2.45, 2.75) is 20.0 Å². The zero-order chi connectivity index (χ0) is 22.7. The van der Waals surface area contributed by atoms with Gasteiger partial charge in [-0.05, 0) is 42.3 Å². The fraction of sp³-hybridized carbons (Fsp3) is 0.174. The number of aromatic nitrogens is 4. The van der Waals surface area contributed by atoms with Crippen LogP contribution in [0.4, 0.5) is 8.78 Å². The van der Waals surface area contributed by atoms with Gasteiger partial charge in [-0.3, -0.25) is 4.79 Å². The predicted molar refractivity (Wildman–Crippen MR) is 115 cm³/mol. The monoisotopic (exact) mass is 438 g/mol. The van der Waals surface area contributed by atoms with Gasteiger partial charge in [-0.1, -0.05) is 31.2 Å². The summed E-state index contributed by atoms with van der Waals surface area (Å²) < 4.78 is 39.0. The highest BCUT2D eigenvalue weighted by molar-refractivity contribution is 5.60. The van der Waals surface area contributed by atoms with Crippen molar-refractivity contribution >= 4 is 0 Å². The van der Waals surface area contributed by atoms with Crippen molar-refractivity contribution in [1.82, 2.24) is 19.6 Å². The molecule has 4 rings (SSSR count). The summed E-state index contributed by atoms with van der Waals surface area (Å²) >= 11 is 0. The molecular weight excluding hydrogens is 418 g/mol. The van der Waals surface area contributed by atoms with E-state index in [9.17, 15) is 13.6 Å². The Kier molecular flexibility index (Phi) is 5.98. The molecule has 7 nitrogen and oxygen atoms in total. The molecule has 2 aromatic carbocycles. The lowest BCUT2D eigenvalue weighted by Crippen LogP contribution is -2.18. The molecule has 0 saturated heterocycles. The largest absolute Gasteiger partial charge is 0.491 e. The minimum atomic E-state index is -3.01. The molecule has 0 spiro atoms. The second kappa shape index (κ2) is 9.01. The molecular formula is C23H20F2N4O3. The number of hydrogen-bond acceptors (Lipinski definition) is 5. The van der Waals surface area contributed by atoms with Gasteiger partial charge in [0.1, 0.15) is 5.69 Å². The Morgan fingerprint density at radius 1 is 1.06 bits per heavy atom. The average molecular weight is 438 g/mol. The van der Waals surface area contributed by atoms with E-state index in [-0.39, 0.29) is 22.9 Å². The van der Waals surface area contributed by atoms with E-state index in [1.165, 1.54) is 24.1 Å². The molecule has 164 valence electrons. The summed E-state index contributed by atoms with van der Waals surface area (Å²) in [7, 11) is 1.36. The summed E-state index contributed by atoms with van der Waals surface area (Å²) in [4.78, 5) is 13.0. The summed E-state index contributed by atoms with van der Waals surface area (Å²) in [5, 5.41) is 8.75. The maximum Gasteiger partial charge on any atom is 0.387 e. The van der Waals surface area contributed by atoms with E-state index >= 15 is 0 Å². The van der Waals surface area contributed by atoms with Gasteiger partial charge in [0, 0.05) is 0 Å². The fourth-order valence-electron chi connectivity index (χ4n) is 3.32. The number of rotatable bonds is 7. The first-order valence-corrected chi connectivity index (χ1v) is 9.87. The summed E-state index contributed by atoms with van der Waals surface area (Å²) in [6.45, 7) is -1.11. The van der Waals surface area contributed by atoms with Gasteiger partial charge >= 0.3 is 6.61 Å². The van der Waals surface area contributed by atoms with Crippen LogP contribution in [0.1, 0.15) is 12.5 Å². The number of methoxy groups -OCH3 is 1. The van der Waals surface area contributed by atoms with Gasteiger partial charge in [-0.15, -0.1) is 0 Å². The number of hydrogen-bond donors (Lipinski definition) is 0. The van der Waals surface area contributed by atoms with Gasteiger partial charge in [-0.2, -0.15) is 19.0 Å². The van der Waals surface area contributed by atoms with E-state index in [0.717, 1.165) is 11.3 Å². The third-order valence-corrected chi connectivity index (χ3v) is 4.89. The Hall–Kier alpha value is -4.01. The molecule has 0 radical (unpaired) electrons. The number of para-hydroxylation sites is 1. The summed E-state index contributed by atoms with van der Waals surface area (Å²) in [5.74, 6) is -0.0570. The highest BCUT2D eigenvalue weighted by Crippen LogP contribution is 2.28. The van der Waals surface area contributed by atoms with Gasteiger partial charge < -0.3 is 9.47 Å². The van der Waals surface area contributed by atoms with E-state index < -0.39 is 12.0 Å². The Morgan fingerprint density at radius 3 is 2.53 bits per heavy atom. The molecule has 32 heavy (non-hydrogen) atoms. The smallest absolute Gasteiger partial charge is 0.387 e. The molecule has 0 atom stereocenters. The highest BCUT2D eigenvalue weighted by Gasteiger charge is 2.20. The molecule has 0 bridgehead atoms. The van der Waals surface area contributed by atoms with Gasteiger partial charge in [0.25, 0.3) is 5.43 Å². The minimum absolute atomic E-state index is 0.00150. The van der Waals surface area contributed by atoms with Crippen LogP contribution in [0.3, 0.4) is 0 Å². The van der Waals surface area contributed by atoms with Crippen molar-refractivity contribution in [1.29, 1.82) is 0 Å². The van der Waals surface area contributed by atoms with Crippen molar-refractivity contribution in [3.05, 3.63) is 82.8 Å². The highest BCUT2D eigenvalue weighted by atomic mass is 19.3. The summed E-state index contributed by atoms with van der Waals surface area (Å²) in [6, 6.07) is 15.8. The quantitative estimate of drug-likeness (QED) is 0.431. The Morgan fingerprint density at radius 2 is 1.84 bits per heavy atom. The zero-order valence-corrected chi connectivity index (χ0v) is 17.4. The van der Waals surface area contributed by atoms with Crippen LogP contribution in [0.2, 0.25) is 0 Å². The number of alkyl halides is 2. The number of aryl methyl sites for hydroxylation is 1. The van der Waals surface area contributed by atoms with E-state index in [1.54, 1.807) is 29.1 Å². The van der Waals surface area contributed by atoms with Gasteiger partial charge in [0.15, 0.2) is 17.2 Å². The molecule has 2 heterocycles. The van der Waals surface area contributed by atoms with Crippen LogP contribution in [0.25, 0.3) is 22.8 Å². The lowest BCUT2D eigenvalue weighted by Gasteiger charge is -2.16. The summed E-state index contributed by atoms with van der Waals surface area (Å²) in [5.41, 5.74) is 1.82. The van der Waals surface area contributed by atoms with Crippen molar-refractivity contribution in [3.63, 3.8) is 0 Å². The van der Waals surface area contributed by atoms with Crippen LogP contribution in [-0.4, -0.2) is 33.3 Å². The number of halogens is 2. The SMILES string of the molecule is CCc1ccc(-n2cc(OC)c(=O)c(-c3ccnn3-c3ccccc3)n2)c(OC(F)F)c1. The number of ether oxygens (including phenoxy) is 2. The van der Waals surface area contributed by atoms with E-state index in [2.05, 4.69) is 10.2 Å². The lowest BCUT2D eigenvalue weighted by molar-refractivity contribution is -0.0499. The molecule has 4 aromatic rings. The first-order valence-electron chi connectivity index (χ1n) is 9.87. The first kappa shape index (κ1) is 21.2. The molecule has 0 aliphatic heterocycles. The van der Waals surface area contributed by atoms with Crippen LogP contribution < -0.4 is 14.9 Å². The van der Waals surface area contributed by atoms with Crippen molar-refractivity contribution in [2.24, 2.45) is 0 Å². The average Bonchev–Trinajstić information content (AvgIpc) is 3.29. The topological polar surface area (TPSA) is 71.2 Å². The molecule has 9 heteroatoms. The van der Waals surface area contributed by atoms with Crippen LogP contribution in [0.15, 0.2) is 71.8 Å². The molecule has 0 unspecified atom stereocenters.